The molecule has 1 aromatic rings. The van der Waals surface area contributed by atoms with Crippen LogP contribution in [0.4, 0.5) is 0 Å². The van der Waals surface area contributed by atoms with Crippen molar-refractivity contribution in [2.45, 2.75) is 56.6 Å². The highest BCUT2D eigenvalue weighted by Crippen LogP contribution is 2.43. The van der Waals surface area contributed by atoms with E-state index >= 15 is 0 Å². The number of nitrogens with zero attached hydrogens (tertiary/aromatic N) is 1. The summed E-state index contributed by atoms with van der Waals surface area (Å²) in [6.07, 6.45) is 3.25. The summed E-state index contributed by atoms with van der Waals surface area (Å²) < 4.78 is 11.9. The molecule has 1 saturated carbocycles. The number of amides is 2. The maximum Gasteiger partial charge on any atom is 0.262 e. The molecule has 4 rings (SSSR count). The second-order valence-corrected chi connectivity index (χ2v) is 6.30. The third-order valence-corrected chi connectivity index (χ3v) is 4.78. The van der Waals surface area contributed by atoms with Gasteiger partial charge < -0.3 is 9.47 Å². The van der Waals surface area contributed by atoms with E-state index in [0.717, 1.165) is 37.7 Å². The first-order valence-electron chi connectivity index (χ1n) is 7.93. The lowest BCUT2D eigenvalue weighted by Crippen LogP contribution is -2.40. The lowest BCUT2D eigenvalue weighted by Gasteiger charge is -2.32. The van der Waals surface area contributed by atoms with Gasteiger partial charge in [-0.15, -0.1) is 0 Å². The van der Waals surface area contributed by atoms with Crippen LogP contribution >= 0.6 is 0 Å². The van der Waals surface area contributed by atoms with Crippen LogP contribution < -0.4 is 0 Å². The zero-order valence-electron chi connectivity index (χ0n) is 12.4. The zero-order chi connectivity index (χ0) is 15.2. The topological polar surface area (TPSA) is 55.8 Å². The Morgan fingerprint density at radius 2 is 1.55 bits per heavy atom. The van der Waals surface area contributed by atoms with Crippen LogP contribution in [0.1, 0.15) is 37.7 Å². The average molecular weight is 301 g/mol. The first-order chi connectivity index (χ1) is 10.7. The predicted molar refractivity (Wildman–Crippen MR) is 77.6 cm³/mol. The minimum absolute atomic E-state index is 0.263. The summed E-state index contributed by atoms with van der Waals surface area (Å²) in [5, 5.41) is 0. The summed E-state index contributed by atoms with van der Waals surface area (Å²) in [5.74, 6) is -1.22. The monoisotopic (exact) mass is 301 g/mol. The molecule has 2 saturated heterocycles. The van der Waals surface area contributed by atoms with Gasteiger partial charge in [0.2, 0.25) is 0 Å². The van der Waals surface area contributed by atoms with Gasteiger partial charge in [0.25, 0.3) is 11.8 Å². The number of ether oxygens (including phenoxy) is 2. The van der Waals surface area contributed by atoms with E-state index in [1.807, 2.05) is 30.3 Å². The van der Waals surface area contributed by atoms with Crippen molar-refractivity contribution in [3.8, 4) is 0 Å². The number of fused-ring (bicyclic) bond motifs is 1. The van der Waals surface area contributed by atoms with E-state index in [0.29, 0.717) is 0 Å². The molecule has 2 aliphatic heterocycles. The van der Waals surface area contributed by atoms with Gasteiger partial charge in [-0.25, -0.2) is 0 Å². The molecule has 22 heavy (non-hydrogen) atoms. The standard InChI is InChI=1S/C17H19NO4/c19-15-13-14(22-17(21-13)9-5-2-6-10-17)16(20)18(15)11-12-7-3-1-4-8-12/h1,3-4,7-8,13-14H,2,5-6,9-11H2/t13-,14+. The molecule has 5 heteroatoms. The van der Waals surface area contributed by atoms with Gasteiger partial charge in [-0.2, -0.15) is 0 Å². The van der Waals surface area contributed by atoms with E-state index in [1.54, 1.807) is 0 Å². The molecule has 1 aromatic carbocycles. The maximum absolute atomic E-state index is 12.5. The van der Waals surface area contributed by atoms with E-state index in [9.17, 15) is 9.59 Å². The van der Waals surface area contributed by atoms with E-state index in [1.165, 1.54) is 4.90 Å². The van der Waals surface area contributed by atoms with Gasteiger partial charge in [-0.1, -0.05) is 36.8 Å². The normalized spacial score (nSPS) is 30.1. The van der Waals surface area contributed by atoms with Crippen molar-refractivity contribution in [3.05, 3.63) is 35.9 Å². The van der Waals surface area contributed by atoms with Gasteiger partial charge in [0.1, 0.15) is 0 Å². The summed E-state index contributed by atoms with van der Waals surface area (Å²) >= 11 is 0. The Kier molecular flexibility index (Phi) is 3.27. The van der Waals surface area contributed by atoms with E-state index < -0.39 is 18.0 Å². The van der Waals surface area contributed by atoms with Crippen molar-refractivity contribution < 1.29 is 19.1 Å². The molecule has 5 nitrogen and oxygen atoms in total. The fourth-order valence-electron chi connectivity index (χ4n) is 3.64. The van der Waals surface area contributed by atoms with Crippen LogP contribution in [0.3, 0.4) is 0 Å². The number of likely N-dealkylation sites (tertiary alicyclic amines) is 1. The zero-order valence-corrected chi connectivity index (χ0v) is 12.4. The maximum atomic E-state index is 12.5. The van der Waals surface area contributed by atoms with Crippen molar-refractivity contribution in [1.29, 1.82) is 0 Å². The number of hydrogen-bond donors (Lipinski definition) is 0. The Bertz CT molecular complexity index is 568. The quantitative estimate of drug-likeness (QED) is 0.784. The highest BCUT2D eigenvalue weighted by molar-refractivity contribution is 6.08. The molecular weight excluding hydrogens is 282 g/mol. The van der Waals surface area contributed by atoms with Crippen molar-refractivity contribution >= 4 is 11.8 Å². The van der Waals surface area contributed by atoms with Crippen molar-refractivity contribution in [3.63, 3.8) is 0 Å². The second-order valence-electron chi connectivity index (χ2n) is 6.30. The number of imide groups is 1. The molecule has 0 bridgehead atoms. The third kappa shape index (κ3) is 2.16. The molecule has 1 aliphatic carbocycles. The SMILES string of the molecule is O=C1[C@H]2OC3(CCCCC3)O[C@H]2C(=O)N1Cc1ccccc1. The van der Waals surface area contributed by atoms with E-state index in [-0.39, 0.29) is 18.4 Å². The highest BCUT2D eigenvalue weighted by Gasteiger charge is 2.60. The Balaban J connectivity index is 1.52. The summed E-state index contributed by atoms with van der Waals surface area (Å²) in [5.41, 5.74) is 0.927. The first kappa shape index (κ1) is 13.9. The van der Waals surface area contributed by atoms with E-state index in [2.05, 4.69) is 0 Å². The molecule has 2 atom stereocenters. The first-order valence-corrected chi connectivity index (χ1v) is 7.93. The molecule has 2 amide bonds. The molecular formula is C17H19NO4. The van der Waals surface area contributed by atoms with Gasteiger partial charge in [-0.3, -0.25) is 14.5 Å². The summed E-state index contributed by atoms with van der Waals surface area (Å²) in [6.45, 7) is 0.283. The second kappa shape index (κ2) is 5.18. The van der Waals surface area contributed by atoms with Crippen LogP contribution in [0.5, 0.6) is 0 Å². The van der Waals surface area contributed by atoms with Gasteiger partial charge in [0.05, 0.1) is 6.54 Å². The lowest BCUT2D eigenvalue weighted by atomic mass is 9.94. The molecule has 3 fully saturated rings. The largest absolute Gasteiger partial charge is 0.333 e. The fourth-order valence-corrected chi connectivity index (χ4v) is 3.64. The number of rotatable bonds is 2. The minimum Gasteiger partial charge on any atom is -0.333 e. The molecule has 1 spiro atoms. The van der Waals surface area contributed by atoms with Gasteiger partial charge in [-0.05, 0) is 18.4 Å². The van der Waals surface area contributed by atoms with Crippen LogP contribution in [-0.2, 0) is 25.6 Å². The van der Waals surface area contributed by atoms with Gasteiger partial charge in [0.15, 0.2) is 18.0 Å². The van der Waals surface area contributed by atoms with Crippen LogP contribution in [-0.4, -0.2) is 34.7 Å². The number of hydrogen-bond acceptors (Lipinski definition) is 4. The fraction of sp³-hybridized carbons (Fsp3) is 0.529. The molecule has 0 unspecified atom stereocenters. The summed E-state index contributed by atoms with van der Waals surface area (Å²) in [6, 6.07) is 9.50. The van der Waals surface area contributed by atoms with Crippen molar-refractivity contribution in [2.24, 2.45) is 0 Å². The smallest absolute Gasteiger partial charge is 0.262 e. The van der Waals surface area contributed by atoms with Crippen LogP contribution in [0.15, 0.2) is 30.3 Å². The van der Waals surface area contributed by atoms with Gasteiger partial charge in [0, 0.05) is 12.8 Å². The number of carbonyl (C=O) groups is 2. The van der Waals surface area contributed by atoms with Crippen LogP contribution in [0.2, 0.25) is 0 Å². The molecule has 0 aromatic heterocycles. The third-order valence-electron chi connectivity index (χ3n) is 4.78. The summed E-state index contributed by atoms with van der Waals surface area (Å²) in [7, 11) is 0. The lowest BCUT2D eigenvalue weighted by molar-refractivity contribution is -0.205. The Morgan fingerprint density at radius 1 is 0.955 bits per heavy atom. The van der Waals surface area contributed by atoms with E-state index in [4.69, 9.17) is 9.47 Å². The van der Waals surface area contributed by atoms with Gasteiger partial charge >= 0.3 is 0 Å². The Morgan fingerprint density at radius 3 is 2.14 bits per heavy atom. The van der Waals surface area contributed by atoms with Crippen LogP contribution in [0, 0.1) is 0 Å². The molecule has 116 valence electrons. The molecule has 0 radical (unpaired) electrons. The molecule has 2 heterocycles. The molecule has 0 N–H and O–H groups in total. The average Bonchev–Trinajstić information content (AvgIpc) is 3.00. The summed E-state index contributed by atoms with van der Waals surface area (Å²) in [4.78, 5) is 26.3. The van der Waals surface area contributed by atoms with Crippen LogP contribution in [0.25, 0.3) is 0 Å². The predicted octanol–water partition coefficient (Wildman–Crippen LogP) is 2.00. The Hall–Kier alpha value is -1.72. The minimum atomic E-state index is -0.755. The number of benzene rings is 1. The highest BCUT2D eigenvalue weighted by atomic mass is 16.8. The number of carbonyl (C=O) groups excluding carboxylic acids is 2. The molecule has 3 aliphatic rings. The van der Waals surface area contributed by atoms with Crippen molar-refractivity contribution in [1.82, 2.24) is 4.90 Å². The Labute approximate surface area is 129 Å². The van der Waals surface area contributed by atoms with Crippen molar-refractivity contribution in [2.75, 3.05) is 0 Å².